The molecule has 130 valence electrons. The molecule has 2 aliphatic heterocycles. The second-order valence-corrected chi connectivity index (χ2v) is 7.48. The highest BCUT2D eigenvalue weighted by Gasteiger charge is 2.42. The van der Waals surface area contributed by atoms with Crippen LogP contribution in [0, 0.1) is 11.7 Å². The molecule has 2 aliphatic rings. The summed E-state index contributed by atoms with van der Waals surface area (Å²) in [6.07, 6.45) is 4.80. The molecule has 2 aromatic rings. The van der Waals surface area contributed by atoms with Crippen molar-refractivity contribution in [2.45, 2.75) is 50.7 Å². The molecule has 0 aromatic heterocycles. The van der Waals surface area contributed by atoms with E-state index in [1.54, 1.807) is 12.1 Å². The second kappa shape index (κ2) is 7.09. The van der Waals surface area contributed by atoms with E-state index in [1.165, 1.54) is 30.5 Å². The molecule has 2 saturated heterocycles. The van der Waals surface area contributed by atoms with E-state index in [1.807, 2.05) is 0 Å². The molecule has 2 atom stereocenters. The van der Waals surface area contributed by atoms with Crippen molar-refractivity contribution >= 4 is 5.78 Å². The average Bonchev–Trinajstić information content (AvgIpc) is 2.86. The molecule has 2 aromatic carbocycles. The van der Waals surface area contributed by atoms with Crippen molar-refractivity contribution in [2.75, 3.05) is 0 Å². The molecule has 0 saturated carbocycles. The lowest BCUT2D eigenvalue weighted by molar-refractivity contribution is -0.124. The summed E-state index contributed by atoms with van der Waals surface area (Å²) in [6, 6.07) is 18.0. The summed E-state index contributed by atoms with van der Waals surface area (Å²) >= 11 is 0. The normalized spacial score (nSPS) is 25.9. The van der Waals surface area contributed by atoms with E-state index in [4.69, 9.17) is 0 Å². The Balaban J connectivity index is 1.39. The number of nitrogens with zero attached hydrogens (tertiary/aromatic N) is 1. The zero-order valence-electron chi connectivity index (χ0n) is 14.4. The van der Waals surface area contributed by atoms with E-state index >= 15 is 0 Å². The zero-order chi connectivity index (χ0) is 17.2. The van der Waals surface area contributed by atoms with Crippen LogP contribution in [0.3, 0.4) is 0 Å². The lowest BCUT2D eigenvalue weighted by atomic mass is 9.85. The SMILES string of the molecule is O=C(Cc1ccc(F)cc1)C1CC2CCC(C1)N2Cc1ccccc1. The number of carbonyl (C=O) groups excluding carboxylic acids is 1. The highest BCUT2D eigenvalue weighted by Crippen LogP contribution is 2.40. The van der Waals surface area contributed by atoms with Crippen molar-refractivity contribution in [1.29, 1.82) is 0 Å². The Hall–Kier alpha value is -2.00. The number of carbonyl (C=O) groups is 1. The minimum absolute atomic E-state index is 0.162. The average molecular weight is 337 g/mol. The number of hydrogen-bond acceptors (Lipinski definition) is 2. The van der Waals surface area contributed by atoms with E-state index in [-0.39, 0.29) is 11.7 Å². The largest absolute Gasteiger partial charge is 0.299 e. The van der Waals surface area contributed by atoms with Crippen LogP contribution in [0.2, 0.25) is 0 Å². The molecule has 3 heteroatoms. The fourth-order valence-corrected chi connectivity index (χ4v) is 4.54. The Labute approximate surface area is 148 Å². The van der Waals surface area contributed by atoms with Gasteiger partial charge in [0.2, 0.25) is 0 Å². The van der Waals surface area contributed by atoms with Gasteiger partial charge in [0, 0.05) is 31.0 Å². The lowest BCUT2D eigenvalue weighted by Crippen LogP contribution is -2.44. The van der Waals surface area contributed by atoms with Crippen LogP contribution in [0.4, 0.5) is 4.39 Å². The molecule has 2 bridgehead atoms. The van der Waals surface area contributed by atoms with Gasteiger partial charge in [0.1, 0.15) is 11.6 Å². The van der Waals surface area contributed by atoms with Crippen LogP contribution in [-0.2, 0) is 17.8 Å². The number of hydrogen-bond donors (Lipinski definition) is 0. The van der Waals surface area contributed by atoms with E-state index in [0.29, 0.717) is 24.3 Å². The molecule has 2 fully saturated rings. The van der Waals surface area contributed by atoms with Crippen molar-refractivity contribution in [1.82, 2.24) is 4.90 Å². The molecule has 0 amide bonds. The Morgan fingerprint density at radius 3 is 2.20 bits per heavy atom. The topological polar surface area (TPSA) is 20.3 Å². The fourth-order valence-electron chi connectivity index (χ4n) is 4.54. The van der Waals surface area contributed by atoms with Gasteiger partial charge in [-0.1, -0.05) is 42.5 Å². The molecule has 2 heterocycles. The van der Waals surface area contributed by atoms with Gasteiger partial charge in [-0.3, -0.25) is 9.69 Å². The summed E-state index contributed by atoms with van der Waals surface area (Å²) in [6.45, 7) is 0.995. The Morgan fingerprint density at radius 2 is 1.56 bits per heavy atom. The van der Waals surface area contributed by atoms with Gasteiger partial charge in [0.05, 0.1) is 0 Å². The van der Waals surface area contributed by atoms with Gasteiger partial charge in [-0.15, -0.1) is 0 Å². The summed E-state index contributed by atoms with van der Waals surface area (Å²) in [4.78, 5) is 15.3. The first-order valence-corrected chi connectivity index (χ1v) is 9.26. The maximum Gasteiger partial charge on any atom is 0.140 e. The van der Waals surface area contributed by atoms with Crippen LogP contribution in [0.1, 0.15) is 36.8 Å². The standard InChI is InChI=1S/C22H24FNO/c23-19-8-6-16(7-9-19)12-22(25)18-13-20-10-11-21(14-18)24(20)15-17-4-2-1-3-5-17/h1-9,18,20-21H,10-15H2. The van der Waals surface area contributed by atoms with Gasteiger partial charge < -0.3 is 0 Å². The van der Waals surface area contributed by atoms with Crippen molar-refractivity contribution < 1.29 is 9.18 Å². The van der Waals surface area contributed by atoms with Gasteiger partial charge in [-0.25, -0.2) is 4.39 Å². The number of rotatable bonds is 5. The summed E-state index contributed by atoms with van der Waals surface area (Å²) in [7, 11) is 0. The molecule has 25 heavy (non-hydrogen) atoms. The smallest absolute Gasteiger partial charge is 0.140 e. The Kier molecular flexibility index (Phi) is 4.67. The summed E-state index contributed by atoms with van der Waals surface area (Å²) in [5.74, 6) is 0.237. The molecular formula is C22H24FNO. The minimum atomic E-state index is -0.247. The quantitative estimate of drug-likeness (QED) is 0.807. The maximum absolute atomic E-state index is 13.0. The van der Waals surface area contributed by atoms with E-state index in [0.717, 1.165) is 24.9 Å². The van der Waals surface area contributed by atoms with Gasteiger partial charge >= 0.3 is 0 Å². The first-order chi connectivity index (χ1) is 12.2. The molecule has 0 radical (unpaired) electrons. The van der Waals surface area contributed by atoms with Gasteiger partial charge in [0.15, 0.2) is 0 Å². The molecule has 0 spiro atoms. The molecule has 2 unspecified atom stereocenters. The maximum atomic E-state index is 13.0. The highest BCUT2D eigenvalue weighted by molar-refractivity contribution is 5.83. The highest BCUT2D eigenvalue weighted by atomic mass is 19.1. The number of halogens is 1. The molecular weight excluding hydrogens is 313 g/mol. The first kappa shape index (κ1) is 16.5. The van der Waals surface area contributed by atoms with Crippen LogP contribution >= 0.6 is 0 Å². The Morgan fingerprint density at radius 1 is 0.920 bits per heavy atom. The van der Waals surface area contributed by atoms with E-state index in [2.05, 4.69) is 35.2 Å². The minimum Gasteiger partial charge on any atom is -0.299 e. The third-order valence-electron chi connectivity index (χ3n) is 5.84. The fraction of sp³-hybridized carbons (Fsp3) is 0.409. The first-order valence-electron chi connectivity index (χ1n) is 9.26. The molecule has 0 aliphatic carbocycles. The third kappa shape index (κ3) is 3.67. The van der Waals surface area contributed by atoms with E-state index in [9.17, 15) is 9.18 Å². The molecule has 0 N–H and O–H groups in total. The van der Waals surface area contributed by atoms with E-state index < -0.39 is 0 Å². The second-order valence-electron chi connectivity index (χ2n) is 7.48. The zero-order valence-corrected chi connectivity index (χ0v) is 14.4. The van der Waals surface area contributed by atoms with Gasteiger partial charge in [-0.2, -0.15) is 0 Å². The predicted molar refractivity (Wildman–Crippen MR) is 96.6 cm³/mol. The predicted octanol–water partition coefficient (Wildman–Crippen LogP) is 4.38. The number of ketones is 1. The Bertz CT molecular complexity index is 713. The third-order valence-corrected chi connectivity index (χ3v) is 5.84. The van der Waals surface area contributed by atoms with Gasteiger partial charge in [-0.05, 0) is 48.9 Å². The van der Waals surface area contributed by atoms with Crippen LogP contribution in [0.15, 0.2) is 54.6 Å². The van der Waals surface area contributed by atoms with Crippen molar-refractivity contribution in [3.63, 3.8) is 0 Å². The van der Waals surface area contributed by atoms with Crippen LogP contribution in [0.25, 0.3) is 0 Å². The van der Waals surface area contributed by atoms with Crippen molar-refractivity contribution in [2.24, 2.45) is 5.92 Å². The number of piperidine rings is 1. The number of benzene rings is 2. The monoisotopic (exact) mass is 337 g/mol. The van der Waals surface area contributed by atoms with Crippen LogP contribution < -0.4 is 0 Å². The van der Waals surface area contributed by atoms with Gasteiger partial charge in [0.25, 0.3) is 0 Å². The molecule has 4 rings (SSSR count). The number of Topliss-reactive ketones (excluding diaryl/α,β-unsaturated/α-hetero) is 1. The van der Waals surface area contributed by atoms with Crippen molar-refractivity contribution in [3.05, 3.63) is 71.5 Å². The summed E-state index contributed by atoms with van der Waals surface area (Å²) in [5, 5.41) is 0. The van der Waals surface area contributed by atoms with Crippen LogP contribution in [-0.4, -0.2) is 22.8 Å². The van der Waals surface area contributed by atoms with Crippen LogP contribution in [0.5, 0.6) is 0 Å². The summed E-state index contributed by atoms with van der Waals surface area (Å²) < 4.78 is 13.0. The lowest BCUT2D eigenvalue weighted by Gasteiger charge is -2.38. The summed E-state index contributed by atoms with van der Waals surface area (Å²) in [5.41, 5.74) is 2.28. The van der Waals surface area contributed by atoms with Crippen molar-refractivity contribution in [3.8, 4) is 0 Å². The number of fused-ring (bicyclic) bond motifs is 2. The molecule has 2 nitrogen and oxygen atoms in total.